The van der Waals surface area contributed by atoms with Crippen LogP contribution in [0.15, 0.2) is 42.5 Å². The zero-order chi connectivity index (χ0) is 17.1. The minimum Gasteiger partial charge on any atom is -0.335 e. The predicted octanol–water partition coefficient (Wildman–Crippen LogP) is 4.53. The Morgan fingerprint density at radius 3 is 1.96 bits per heavy atom. The third kappa shape index (κ3) is 4.63. The van der Waals surface area contributed by atoms with Crippen LogP contribution in [0.4, 0.5) is 16.2 Å². The minimum absolute atomic E-state index is 0.220. The number of carbonyl (C=O) groups is 2. The van der Waals surface area contributed by atoms with E-state index in [2.05, 4.69) is 16.0 Å². The smallest absolute Gasteiger partial charge is 0.319 e. The summed E-state index contributed by atoms with van der Waals surface area (Å²) in [5.74, 6) is -0.313. The topological polar surface area (TPSA) is 70.2 Å². The van der Waals surface area contributed by atoms with Gasteiger partial charge in [-0.25, -0.2) is 4.79 Å². The largest absolute Gasteiger partial charge is 0.335 e. The predicted molar refractivity (Wildman–Crippen MR) is 96.0 cm³/mol. The highest BCUT2D eigenvalue weighted by atomic mass is 35.5. The number of hydrogen-bond donors (Lipinski definition) is 3. The number of anilines is 2. The molecule has 1 aliphatic carbocycles. The molecule has 7 heteroatoms. The number of rotatable bonds is 4. The van der Waals surface area contributed by atoms with Crippen molar-refractivity contribution < 1.29 is 9.59 Å². The van der Waals surface area contributed by atoms with E-state index in [4.69, 9.17) is 23.2 Å². The van der Waals surface area contributed by atoms with Gasteiger partial charge in [-0.1, -0.05) is 23.2 Å². The molecule has 3 rings (SSSR count). The molecule has 124 valence electrons. The van der Waals surface area contributed by atoms with Gasteiger partial charge in [-0.15, -0.1) is 0 Å². The third-order valence-corrected chi connectivity index (χ3v) is 3.87. The highest BCUT2D eigenvalue weighted by Gasteiger charge is 2.23. The van der Waals surface area contributed by atoms with Crippen molar-refractivity contribution in [2.75, 3.05) is 10.6 Å². The summed E-state index contributed by atoms with van der Waals surface area (Å²) in [5, 5.41) is 9.12. The van der Waals surface area contributed by atoms with E-state index in [1.165, 1.54) is 0 Å². The summed E-state index contributed by atoms with van der Waals surface area (Å²) in [5.41, 5.74) is 1.62. The lowest BCUT2D eigenvalue weighted by Crippen LogP contribution is -2.30. The molecular weight excluding hydrogens is 349 g/mol. The SMILES string of the molecule is O=C(Nc1ccc(NC(=O)c2cc(Cl)cc(Cl)c2)cc1)NC1CC1. The Kier molecular flexibility index (Phi) is 4.92. The van der Waals surface area contributed by atoms with Gasteiger partial charge in [-0.3, -0.25) is 4.79 Å². The lowest BCUT2D eigenvalue weighted by atomic mass is 10.2. The molecule has 0 heterocycles. The summed E-state index contributed by atoms with van der Waals surface area (Å²) in [6, 6.07) is 11.6. The van der Waals surface area contributed by atoms with Gasteiger partial charge < -0.3 is 16.0 Å². The van der Waals surface area contributed by atoms with Crippen molar-refractivity contribution in [3.05, 3.63) is 58.1 Å². The van der Waals surface area contributed by atoms with Crippen LogP contribution in [0.5, 0.6) is 0 Å². The molecule has 0 bridgehead atoms. The maximum absolute atomic E-state index is 12.2. The molecule has 24 heavy (non-hydrogen) atoms. The van der Waals surface area contributed by atoms with Crippen molar-refractivity contribution in [3.8, 4) is 0 Å². The molecular formula is C17H15Cl2N3O2. The third-order valence-electron chi connectivity index (χ3n) is 3.44. The van der Waals surface area contributed by atoms with Crippen LogP contribution in [0.25, 0.3) is 0 Å². The van der Waals surface area contributed by atoms with Gasteiger partial charge in [0.25, 0.3) is 5.91 Å². The van der Waals surface area contributed by atoms with Crippen LogP contribution < -0.4 is 16.0 Å². The summed E-state index contributed by atoms with van der Waals surface area (Å²) < 4.78 is 0. The average molecular weight is 364 g/mol. The number of nitrogens with one attached hydrogen (secondary N) is 3. The number of halogens is 2. The van der Waals surface area contributed by atoms with E-state index in [1.807, 2.05) is 0 Å². The molecule has 2 aromatic rings. The minimum atomic E-state index is -0.313. The fourth-order valence-corrected chi connectivity index (χ4v) is 2.63. The second-order valence-corrected chi connectivity index (χ2v) is 6.44. The highest BCUT2D eigenvalue weighted by Crippen LogP contribution is 2.21. The maximum atomic E-state index is 12.2. The summed E-state index contributed by atoms with van der Waals surface area (Å²) in [6.07, 6.45) is 2.07. The molecule has 1 saturated carbocycles. The molecule has 0 aromatic heterocycles. The van der Waals surface area contributed by atoms with E-state index in [0.29, 0.717) is 33.0 Å². The first-order valence-electron chi connectivity index (χ1n) is 7.44. The Morgan fingerprint density at radius 1 is 0.875 bits per heavy atom. The molecule has 0 unspecified atom stereocenters. The Bertz CT molecular complexity index is 754. The molecule has 0 spiro atoms. The maximum Gasteiger partial charge on any atom is 0.319 e. The normalized spacial score (nSPS) is 13.2. The van der Waals surface area contributed by atoms with Crippen molar-refractivity contribution >= 4 is 46.5 Å². The van der Waals surface area contributed by atoms with Gasteiger partial charge >= 0.3 is 6.03 Å². The number of amides is 3. The first-order chi connectivity index (χ1) is 11.5. The Morgan fingerprint density at radius 2 is 1.42 bits per heavy atom. The molecule has 1 fully saturated rings. The van der Waals surface area contributed by atoms with Gasteiger partial charge in [-0.05, 0) is 55.3 Å². The molecule has 3 amide bonds. The lowest BCUT2D eigenvalue weighted by Gasteiger charge is -2.09. The van der Waals surface area contributed by atoms with Crippen molar-refractivity contribution in [2.45, 2.75) is 18.9 Å². The highest BCUT2D eigenvalue weighted by molar-refractivity contribution is 6.35. The van der Waals surface area contributed by atoms with Crippen molar-refractivity contribution in [1.29, 1.82) is 0 Å². The van der Waals surface area contributed by atoms with Gasteiger partial charge in [0.2, 0.25) is 0 Å². The molecule has 2 aromatic carbocycles. The summed E-state index contributed by atoms with van der Waals surface area (Å²) in [4.78, 5) is 23.9. The summed E-state index contributed by atoms with van der Waals surface area (Å²) >= 11 is 11.8. The van der Waals surface area contributed by atoms with Crippen molar-refractivity contribution in [3.63, 3.8) is 0 Å². The van der Waals surface area contributed by atoms with Crippen LogP contribution in [0.1, 0.15) is 23.2 Å². The molecule has 1 aliphatic rings. The zero-order valence-electron chi connectivity index (χ0n) is 12.6. The van der Waals surface area contributed by atoms with Crippen LogP contribution >= 0.6 is 23.2 Å². The van der Waals surface area contributed by atoms with Gasteiger partial charge in [0.05, 0.1) is 0 Å². The Balaban J connectivity index is 1.60. The molecule has 0 aliphatic heterocycles. The lowest BCUT2D eigenvalue weighted by molar-refractivity contribution is 0.102. The van der Waals surface area contributed by atoms with Crippen LogP contribution in [0, 0.1) is 0 Å². The fourth-order valence-electron chi connectivity index (χ4n) is 2.11. The summed E-state index contributed by atoms with van der Waals surface area (Å²) in [6.45, 7) is 0. The monoisotopic (exact) mass is 363 g/mol. The Hall–Kier alpha value is -2.24. The number of benzene rings is 2. The number of hydrogen-bond acceptors (Lipinski definition) is 2. The first kappa shape index (κ1) is 16.6. The van der Waals surface area contributed by atoms with Crippen LogP contribution in [0.2, 0.25) is 10.0 Å². The van der Waals surface area contributed by atoms with Gasteiger partial charge in [-0.2, -0.15) is 0 Å². The van der Waals surface area contributed by atoms with Gasteiger partial charge in [0.1, 0.15) is 0 Å². The quantitative estimate of drug-likeness (QED) is 0.746. The van der Waals surface area contributed by atoms with Gasteiger partial charge in [0.15, 0.2) is 0 Å². The van der Waals surface area contributed by atoms with Crippen LogP contribution in [-0.2, 0) is 0 Å². The van der Waals surface area contributed by atoms with E-state index in [-0.39, 0.29) is 11.9 Å². The van der Waals surface area contributed by atoms with E-state index >= 15 is 0 Å². The Labute approximate surface area is 149 Å². The van der Waals surface area contributed by atoms with E-state index < -0.39 is 0 Å². The average Bonchev–Trinajstić information content (AvgIpc) is 3.32. The number of urea groups is 1. The summed E-state index contributed by atoms with van der Waals surface area (Å²) in [7, 11) is 0. The molecule has 0 atom stereocenters. The zero-order valence-corrected chi connectivity index (χ0v) is 14.1. The molecule has 0 saturated heterocycles. The molecule has 3 N–H and O–H groups in total. The fraction of sp³-hybridized carbons (Fsp3) is 0.176. The van der Waals surface area contributed by atoms with Crippen molar-refractivity contribution in [2.24, 2.45) is 0 Å². The number of carbonyl (C=O) groups excluding carboxylic acids is 2. The van der Waals surface area contributed by atoms with Crippen LogP contribution in [-0.4, -0.2) is 18.0 Å². The van der Waals surface area contributed by atoms with E-state index in [0.717, 1.165) is 12.8 Å². The van der Waals surface area contributed by atoms with Crippen LogP contribution in [0.3, 0.4) is 0 Å². The van der Waals surface area contributed by atoms with E-state index in [1.54, 1.807) is 42.5 Å². The second-order valence-electron chi connectivity index (χ2n) is 5.56. The van der Waals surface area contributed by atoms with E-state index in [9.17, 15) is 9.59 Å². The second kappa shape index (κ2) is 7.11. The van der Waals surface area contributed by atoms with Gasteiger partial charge in [0, 0.05) is 33.0 Å². The first-order valence-corrected chi connectivity index (χ1v) is 8.20. The molecule has 5 nitrogen and oxygen atoms in total. The van der Waals surface area contributed by atoms with Crippen molar-refractivity contribution in [1.82, 2.24) is 5.32 Å². The standard InChI is InChI=1S/C17H15Cl2N3O2/c18-11-7-10(8-12(19)9-11)16(23)20-13-1-3-14(4-2-13)21-17(24)22-15-5-6-15/h1-4,7-9,15H,5-6H2,(H,20,23)(H2,21,22,24). The molecule has 0 radical (unpaired) electrons.